The van der Waals surface area contributed by atoms with Gasteiger partial charge >= 0.3 is 0 Å². The molecule has 0 radical (unpaired) electrons. The second-order valence-electron chi connectivity index (χ2n) is 5.54. The van der Waals surface area contributed by atoms with Gasteiger partial charge in [0.05, 0.1) is 12.1 Å². The monoisotopic (exact) mass is 347 g/mol. The second kappa shape index (κ2) is 7.10. The maximum atomic E-state index is 9.89. The van der Waals surface area contributed by atoms with Crippen molar-refractivity contribution in [2.75, 3.05) is 11.9 Å². The molecule has 0 aliphatic heterocycles. The molecule has 0 saturated carbocycles. The Bertz CT molecular complexity index is 582. The summed E-state index contributed by atoms with van der Waals surface area (Å²) in [6.07, 6.45) is 2.24. The molecule has 2 aromatic carbocycles. The molecule has 0 spiro atoms. The van der Waals surface area contributed by atoms with E-state index in [9.17, 15) is 5.11 Å². The highest BCUT2D eigenvalue weighted by Gasteiger charge is 2.26. The average molecular weight is 348 g/mol. The summed E-state index contributed by atoms with van der Waals surface area (Å²) < 4.78 is 0.993. The van der Waals surface area contributed by atoms with Gasteiger partial charge in [-0.25, -0.2) is 0 Å². The molecule has 2 aromatic rings. The van der Waals surface area contributed by atoms with E-state index in [0.29, 0.717) is 0 Å². The maximum Gasteiger partial charge on any atom is 0.0828 e. The summed E-state index contributed by atoms with van der Waals surface area (Å²) in [6.45, 7) is 4.23. The minimum atomic E-state index is -0.505. The van der Waals surface area contributed by atoms with Crippen LogP contribution in [0.25, 0.3) is 0 Å². The Morgan fingerprint density at radius 2 is 1.76 bits per heavy atom. The quantitative estimate of drug-likeness (QED) is 0.792. The summed E-state index contributed by atoms with van der Waals surface area (Å²) in [5, 5.41) is 13.3. The van der Waals surface area contributed by atoms with Crippen LogP contribution in [-0.2, 0) is 12.0 Å². The normalized spacial score (nSPS) is 13.7. The van der Waals surface area contributed by atoms with Gasteiger partial charge in [0.15, 0.2) is 0 Å². The van der Waals surface area contributed by atoms with Crippen LogP contribution in [0.1, 0.15) is 31.4 Å². The molecule has 3 heteroatoms. The molecule has 0 aromatic heterocycles. The van der Waals surface area contributed by atoms with Gasteiger partial charge in [-0.05, 0) is 52.5 Å². The number of nitrogens with one attached hydrogen (secondary N) is 1. The molecule has 2 N–H and O–H groups in total. The molecule has 0 amide bonds. The maximum absolute atomic E-state index is 9.89. The minimum Gasteiger partial charge on any atom is -0.394 e. The highest BCUT2D eigenvalue weighted by molar-refractivity contribution is 9.10. The Morgan fingerprint density at radius 1 is 1.10 bits per heavy atom. The smallest absolute Gasteiger partial charge is 0.0828 e. The van der Waals surface area contributed by atoms with Crippen molar-refractivity contribution in [3.63, 3.8) is 0 Å². The summed E-state index contributed by atoms with van der Waals surface area (Å²) >= 11 is 3.54. The lowest BCUT2D eigenvalue weighted by Gasteiger charge is -2.31. The van der Waals surface area contributed by atoms with Gasteiger partial charge < -0.3 is 10.4 Å². The van der Waals surface area contributed by atoms with Crippen molar-refractivity contribution in [1.82, 2.24) is 0 Å². The first-order chi connectivity index (χ1) is 10.1. The number of anilines is 1. The van der Waals surface area contributed by atoms with Crippen molar-refractivity contribution in [3.05, 3.63) is 64.1 Å². The molecule has 0 saturated heterocycles. The van der Waals surface area contributed by atoms with E-state index < -0.39 is 5.54 Å². The number of halogens is 1. The molecule has 21 heavy (non-hydrogen) atoms. The summed E-state index contributed by atoms with van der Waals surface area (Å²) in [5.41, 5.74) is 2.89. The van der Waals surface area contributed by atoms with Crippen LogP contribution in [0, 0.1) is 0 Å². The fourth-order valence-corrected chi connectivity index (χ4v) is 2.77. The zero-order valence-electron chi connectivity index (χ0n) is 12.6. The van der Waals surface area contributed by atoms with Crippen LogP contribution in [0.4, 0.5) is 5.69 Å². The Kier molecular flexibility index (Phi) is 5.43. The standard InChI is InChI=1S/C18H22BrNO/c1-3-6-14-9-11-15(12-10-14)18(2,13-21)20-17-8-5-4-7-16(17)19/h4-5,7-12,20-21H,3,6,13H2,1-2H3. The molecule has 0 fully saturated rings. The number of hydrogen-bond donors (Lipinski definition) is 2. The number of benzene rings is 2. The number of rotatable bonds is 6. The molecule has 0 heterocycles. The lowest BCUT2D eigenvalue weighted by atomic mass is 9.91. The third kappa shape index (κ3) is 3.86. The molecule has 1 atom stereocenters. The van der Waals surface area contributed by atoms with E-state index in [1.54, 1.807) is 0 Å². The minimum absolute atomic E-state index is 0.0292. The summed E-state index contributed by atoms with van der Waals surface area (Å²) in [4.78, 5) is 0. The molecule has 0 aliphatic carbocycles. The number of hydrogen-bond acceptors (Lipinski definition) is 2. The largest absolute Gasteiger partial charge is 0.394 e. The molecule has 0 aliphatic rings. The van der Waals surface area contributed by atoms with Crippen LogP contribution in [0.15, 0.2) is 53.0 Å². The van der Waals surface area contributed by atoms with E-state index in [2.05, 4.69) is 52.4 Å². The summed E-state index contributed by atoms with van der Waals surface area (Å²) in [7, 11) is 0. The highest BCUT2D eigenvalue weighted by atomic mass is 79.9. The van der Waals surface area contributed by atoms with E-state index in [1.807, 2.05) is 31.2 Å². The topological polar surface area (TPSA) is 32.3 Å². The Labute approximate surface area is 135 Å². The van der Waals surface area contributed by atoms with E-state index in [-0.39, 0.29) is 6.61 Å². The van der Waals surface area contributed by atoms with Crippen molar-refractivity contribution in [1.29, 1.82) is 0 Å². The van der Waals surface area contributed by atoms with E-state index >= 15 is 0 Å². The first-order valence-corrected chi connectivity index (χ1v) is 8.11. The Balaban J connectivity index is 2.26. The van der Waals surface area contributed by atoms with E-state index in [4.69, 9.17) is 0 Å². The molecule has 112 valence electrons. The Hall–Kier alpha value is -1.32. The Morgan fingerprint density at radius 3 is 2.33 bits per heavy atom. The first-order valence-electron chi connectivity index (χ1n) is 7.32. The zero-order valence-corrected chi connectivity index (χ0v) is 14.2. The van der Waals surface area contributed by atoms with Gasteiger partial charge in [-0.3, -0.25) is 0 Å². The molecule has 1 unspecified atom stereocenters. The van der Waals surface area contributed by atoms with Gasteiger partial charge in [0.2, 0.25) is 0 Å². The number of para-hydroxylation sites is 1. The van der Waals surface area contributed by atoms with Crippen LogP contribution < -0.4 is 5.32 Å². The molecule has 0 bridgehead atoms. The van der Waals surface area contributed by atoms with Gasteiger partial charge in [-0.15, -0.1) is 0 Å². The summed E-state index contributed by atoms with van der Waals surface area (Å²) in [5.74, 6) is 0. The molecular weight excluding hydrogens is 326 g/mol. The molecule has 2 nitrogen and oxygen atoms in total. The molecule has 2 rings (SSSR count). The van der Waals surface area contributed by atoms with Gasteiger partial charge in [0, 0.05) is 10.2 Å². The van der Waals surface area contributed by atoms with Crippen LogP contribution >= 0.6 is 15.9 Å². The zero-order chi connectivity index (χ0) is 15.3. The first kappa shape index (κ1) is 16.1. The fourth-order valence-electron chi connectivity index (χ4n) is 2.39. The van der Waals surface area contributed by atoms with Gasteiger partial charge in [0.1, 0.15) is 0 Å². The number of aliphatic hydroxyl groups excluding tert-OH is 1. The van der Waals surface area contributed by atoms with Gasteiger partial charge in [-0.1, -0.05) is 49.7 Å². The highest BCUT2D eigenvalue weighted by Crippen LogP contribution is 2.30. The number of aryl methyl sites for hydroxylation is 1. The van der Waals surface area contributed by atoms with Crippen LogP contribution in [0.2, 0.25) is 0 Å². The van der Waals surface area contributed by atoms with Crippen molar-refractivity contribution in [3.8, 4) is 0 Å². The van der Waals surface area contributed by atoms with E-state index in [1.165, 1.54) is 5.56 Å². The van der Waals surface area contributed by atoms with Crippen LogP contribution in [0.3, 0.4) is 0 Å². The fraction of sp³-hybridized carbons (Fsp3) is 0.333. The van der Waals surface area contributed by atoms with Crippen LogP contribution in [-0.4, -0.2) is 11.7 Å². The van der Waals surface area contributed by atoms with Crippen molar-refractivity contribution in [2.45, 2.75) is 32.2 Å². The van der Waals surface area contributed by atoms with E-state index in [0.717, 1.165) is 28.6 Å². The average Bonchev–Trinajstić information content (AvgIpc) is 2.50. The van der Waals surface area contributed by atoms with Crippen molar-refractivity contribution < 1.29 is 5.11 Å². The number of aliphatic hydroxyl groups is 1. The SMILES string of the molecule is CCCc1ccc(C(C)(CO)Nc2ccccc2Br)cc1. The van der Waals surface area contributed by atoms with Gasteiger partial charge in [0.25, 0.3) is 0 Å². The third-order valence-corrected chi connectivity index (χ3v) is 4.42. The second-order valence-corrected chi connectivity index (χ2v) is 6.40. The van der Waals surface area contributed by atoms with Crippen molar-refractivity contribution in [2.24, 2.45) is 0 Å². The lowest BCUT2D eigenvalue weighted by molar-refractivity contribution is 0.224. The molecular formula is C18H22BrNO. The summed E-state index contributed by atoms with van der Waals surface area (Å²) in [6, 6.07) is 16.5. The third-order valence-electron chi connectivity index (χ3n) is 3.73. The predicted octanol–water partition coefficient (Wildman–Crippen LogP) is 4.72. The van der Waals surface area contributed by atoms with Crippen LogP contribution in [0.5, 0.6) is 0 Å². The van der Waals surface area contributed by atoms with Gasteiger partial charge in [-0.2, -0.15) is 0 Å². The lowest BCUT2D eigenvalue weighted by Crippen LogP contribution is -2.36. The van der Waals surface area contributed by atoms with Crippen molar-refractivity contribution >= 4 is 21.6 Å². The predicted molar refractivity (Wildman–Crippen MR) is 92.6 cm³/mol.